The zero-order valence-electron chi connectivity index (χ0n) is 13.5. The van der Waals surface area contributed by atoms with Gasteiger partial charge >= 0.3 is 6.09 Å². The fraction of sp³-hybridized carbons (Fsp3) is 0.500. The number of amides is 1. The van der Waals surface area contributed by atoms with Crippen molar-refractivity contribution in [2.75, 3.05) is 13.2 Å². The lowest BCUT2D eigenvalue weighted by atomic mass is 10.2. The first-order valence-electron chi connectivity index (χ1n) is 7.08. The van der Waals surface area contributed by atoms with Crippen molar-refractivity contribution in [3.05, 3.63) is 29.8 Å². The molecule has 0 saturated carbocycles. The fourth-order valence-corrected chi connectivity index (χ4v) is 2.10. The van der Waals surface area contributed by atoms with Crippen LogP contribution in [0.25, 0.3) is 0 Å². The SMILES string of the molecule is CC(=O)SCc1cccc(OCCNC(=O)OC(C)(C)C)c1. The molecular formula is C16H23NO4S. The Labute approximate surface area is 135 Å². The first-order chi connectivity index (χ1) is 10.3. The molecule has 1 amide bonds. The van der Waals surface area contributed by atoms with Crippen LogP contribution in [0.3, 0.4) is 0 Å². The molecule has 122 valence electrons. The summed E-state index contributed by atoms with van der Waals surface area (Å²) in [5, 5.41) is 2.72. The van der Waals surface area contributed by atoms with Crippen molar-refractivity contribution in [1.82, 2.24) is 5.32 Å². The second-order valence-corrected chi connectivity index (χ2v) is 6.86. The number of carbonyl (C=O) groups excluding carboxylic acids is 2. The Morgan fingerprint density at radius 2 is 2.00 bits per heavy atom. The third-order valence-corrected chi connectivity index (χ3v) is 3.26. The molecule has 1 rings (SSSR count). The number of nitrogens with one attached hydrogen (secondary N) is 1. The van der Waals surface area contributed by atoms with E-state index < -0.39 is 11.7 Å². The molecule has 22 heavy (non-hydrogen) atoms. The van der Waals surface area contributed by atoms with Gasteiger partial charge in [-0.1, -0.05) is 23.9 Å². The Morgan fingerprint density at radius 1 is 1.27 bits per heavy atom. The van der Waals surface area contributed by atoms with Crippen molar-refractivity contribution < 1.29 is 19.1 Å². The maximum absolute atomic E-state index is 11.4. The van der Waals surface area contributed by atoms with Crippen LogP contribution in [0.1, 0.15) is 33.3 Å². The summed E-state index contributed by atoms with van der Waals surface area (Å²) in [4.78, 5) is 22.4. The van der Waals surface area contributed by atoms with Crippen LogP contribution < -0.4 is 10.1 Å². The van der Waals surface area contributed by atoms with E-state index in [1.54, 1.807) is 6.92 Å². The van der Waals surface area contributed by atoms with Gasteiger partial charge in [-0.15, -0.1) is 0 Å². The van der Waals surface area contributed by atoms with E-state index in [0.29, 0.717) is 24.7 Å². The van der Waals surface area contributed by atoms with Gasteiger partial charge in [-0.05, 0) is 38.5 Å². The van der Waals surface area contributed by atoms with Gasteiger partial charge in [0.25, 0.3) is 0 Å². The molecule has 1 aromatic rings. The average Bonchev–Trinajstić information content (AvgIpc) is 2.40. The molecule has 0 aliphatic rings. The zero-order valence-corrected chi connectivity index (χ0v) is 14.3. The van der Waals surface area contributed by atoms with E-state index in [9.17, 15) is 9.59 Å². The Morgan fingerprint density at radius 3 is 2.64 bits per heavy atom. The van der Waals surface area contributed by atoms with Crippen molar-refractivity contribution in [3.63, 3.8) is 0 Å². The van der Waals surface area contributed by atoms with E-state index >= 15 is 0 Å². The van der Waals surface area contributed by atoms with Gasteiger partial charge in [-0.25, -0.2) is 4.79 Å². The molecule has 0 aromatic heterocycles. The highest BCUT2D eigenvalue weighted by atomic mass is 32.2. The van der Waals surface area contributed by atoms with Crippen molar-refractivity contribution in [2.45, 2.75) is 39.0 Å². The van der Waals surface area contributed by atoms with Gasteiger partial charge in [-0.3, -0.25) is 4.79 Å². The lowest BCUT2D eigenvalue weighted by Gasteiger charge is -2.19. The smallest absolute Gasteiger partial charge is 0.407 e. The van der Waals surface area contributed by atoms with Gasteiger partial charge in [0.2, 0.25) is 0 Å². The molecule has 0 heterocycles. The quantitative estimate of drug-likeness (QED) is 0.812. The molecule has 0 fully saturated rings. The lowest BCUT2D eigenvalue weighted by molar-refractivity contribution is -0.109. The highest BCUT2D eigenvalue weighted by Gasteiger charge is 2.15. The van der Waals surface area contributed by atoms with Crippen LogP contribution in [0, 0.1) is 0 Å². The molecule has 0 aliphatic heterocycles. The van der Waals surface area contributed by atoms with Crippen molar-refractivity contribution >= 4 is 23.0 Å². The van der Waals surface area contributed by atoms with Crippen LogP contribution in [0.5, 0.6) is 5.75 Å². The summed E-state index contributed by atoms with van der Waals surface area (Å²) in [7, 11) is 0. The minimum Gasteiger partial charge on any atom is -0.492 e. The molecule has 0 aliphatic carbocycles. The van der Waals surface area contributed by atoms with E-state index in [4.69, 9.17) is 9.47 Å². The molecule has 0 saturated heterocycles. The third kappa shape index (κ3) is 8.56. The Kier molecular flexibility index (Phi) is 7.24. The van der Waals surface area contributed by atoms with E-state index in [1.807, 2.05) is 45.0 Å². The summed E-state index contributed by atoms with van der Waals surface area (Å²) < 4.78 is 10.7. The third-order valence-electron chi connectivity index (χ3n) is 2.38. The summed E-state index contributed by atoms with van der Waals surface area (Å²) >= 11 is 1.26. The van der Waals surface area contributed by atoms with Crippen LogP contribution >= 0.6 is 11.8 Å². The average molecular weight is 325 g/mol. The summed E-state index contributed by atoms with van der Waals surface area (Å²) in [5.74, 6) is 1.34. The van der Waals surface area contributed by atoms with Crippen LogP contribution in [0.4, 0.5) is 4.79 Å². The highest BCUT2D eigenvalue weighted by Crippen LogP contribution is 2.18. The summed E-state index contributed by atoms with van der Waals surface area (Å²) in [6, 6.07) is 7.56. The van der Waals surface area contributed by atoms with E-state index in [-0.39, 0.29) is 5.12 Å². The maximum atomic E-state index is 11.4. The molecule has 0 atom stereocenters. The van der Waals surface area contributed by atoms with Crippen LogP contribution in [-0.2, 0) is 15.3 Å². The van der Waals surface area contributed by atoms with Crippen LogP contribution in [0.2, 0.25) is 0 Å². The van der Waals surface area contributed by atoms with Crippen LogP contribution in [0.15, 0.2) is 24.3 Å². The highest BCUT2D eigenvalue weighted by molar-refractivity contribution is 8.12. The summed E-state index contributed by atoms with van der Waals surface area (Å²) in [6.45, 7) is 7.70. The largest absolute Gasteiger partial charge is 0.492 e. The number of hydrogen-bond acceptors (Lipinski definition) is 5. The molecule has 5 nitrogen and oxygen atoms in total. The number of benzene rings is 1. The van der Waals surface area contributed by atoms with Gasteiger partial charge in [0.1, 0.15) is 18.0 Å². The maximum Gasteiger partial charge on any atom is 0.407 e. The molecule has 0 spiro atoms. The molecule has 1 aromatic carbocycles. The van der Waals surface area contributed by atoms with Crippen LogP contribution in [-0.4, -0.2) is 30.0 Å². The van der Waals surface area contributed by atoms with Crippen molar-refractivity contribution in [3.8, 4) is 5.75 Å². The second-order valence-electron chi connectivity index (χ2n) is 5.70. The number of ether oxygens (including phenoxy) is 2. The first kappa shape index (κ1) is 18.4. The van der Waals surface area contributed by atoms with E-state index in [0.717, 1.165) is 5.56 Å². The molecule has 0 unspecified atom stereocenters. The molecule has 6 heteroatoms. The minimum absolute atomic E-state index is 0.0906. The monoisotopic (exact) mass is 325 g/mol. The van der Waals surface area contributed by atoms with Gasteiger partial charge < -0.3 is 14.8 Å². The first-order valence-corrected chi connectivity index (χ1v) is 8.07. The Hall–Kier alpha value is -1.69. The van der Waals surface area contributed by atoms with Gasteiger partial charge in [-0.2, -0.15) is 0 Å². The fourth-order valence-electron chi connectivity index (χ4n) is 1.55. The molecular weight excluding hydrogens is 302 g/mol. The number of alkyl carbamates (subject to hydrolysis) is 1. The van der Waals surface area contributed by atoms with Gasteiger partial charge in [0, 0.05) is 12.7 Å². The normalized spacial score (nSPS) is 10.9. The molecule has 0 bridgehead atoms. The molecule has 1 N–H and O–H groups in total. The number of rotatable bonds is 6. The van der Waals surface area contributed by atoms with Gasteiger partial charge in [0.15, 0.2) is 5.12 Å². The number of thioether (sulfide) groups is 1. The Balaban J connectivity index is 2.31. The Bertz CT molecular complexity index is 511. The standard InChI is InChI=1S/C16H23NO4S/c1-12(18)22-11-13-6-5-7-14(10-13)20-9-8-17-15(19)21-16(2,3)4/h5-7,10H,8-9,11H2,1-4H3,(H,17,19). The second kappa shape index (κ2) is 8.68. The predicted molar refractivity (Wildman–Crippen MR) is 88.1 cm³/mol. The predicted octanol–water partition coefficient (Wildman–Crippen LogP) is 3.37. The van der Waals surface area contributed by atoms with E-state index in [2.05, 4.69) is 5.32 Å². The summed E-state index contributed by atoms with van der Waals surface area (Å²) in [6.07, 6.45) is -0.456. The van der Waals surface area contributed by atoms with Gasteiger partial charge in [0.05, 0.1) is 6.54 Å². The zero-order chi connectivity index (χ0) is 16.6. The minimum atomic E-state index is -0.506. The topological polar surface area (TPSA) is 64.6 Å². The number of hydrogen-bond donors (Lipinski definition) is 1. The molecule has 0 radical (unpaired) electrons. The van der Waals surface area contributed by atoms with Crippen molar-refractivity contribution in [2.24, 2.45) is 0 Å². The van der Waals surface area contributed by atoms with Crippen molar-refractivity contribution in [1.29, 1.82) is 0 Å². The van der Waals surface area contributed by atoms with E-state index in [1.165, 1.54) is 11.8 Å². The summed E-state index contributed by atoms with van der Waals surface area (Å²) in [5.41, 5.74) is 0.519. The number of carbonyl (C=O) groups is 2. The lowest BCUT2D eigenvalue weighted by Crippen LogP contribution is -2.34.